The molecule has 4 nitrogen and oxygen atoms in total. The topological polar surface area (TPSA) is 67.3 Å². The van der Waals surface area contributed by atoms with Gasteiger partial charge in [0.1, 0.15) is 10.8 Å². The second-order valence-electron chi connectivity index (χ2n) is 7.66. The van der Waals surface area contributed by atoms with Crippen LogP contribution in [0.5, 0.6) is 0 Å². The van der Waals surface area contributed by atoms with E-state index in [2.05, 4.69) is 46.8 Å². The van der Waals surface area contributed by atoms with Crippen LogP contribution in [0.25, 0.3) is 31.4 Å². The molecule has 6 heteroatoms. The van der Waals surface area contributed by atoms with Crippen molar-refractivity contribution in [1.29, 1.82) is 0 Å². The van der Waals surface area contributed by atoms with E-state index in [0.29, 0.717) is 19.3 Å². The van der Waals surface area contributed by atoms with Gasteiger partial charge in [-0.1, -0.05) is 36.4 Å². The van der Waals surface area contributed by atoms with Crippen molar-refractivity contribution in [2.24, 2.45) is 0 Å². The minimum absolute atomic E-state index is 0.105. The van der Waals surface area contributed by atoms with E-state index in [0.717, 1.165) is 26.4 Å². The Morgan fingerprint density at radius 2 is 1.81 bits per heavy atom. The summed E-state index contributed by atoms with van der Waals surface area (Å²) in [5, 5.41) is 13.4. The second kappa shape index (κ2) is 8.65. The van der Waals surface area contributed by atoms with Crippen LogP contribution in [0.2, 0.25) is 0 Å². The molecule has 0 saturated heterocycles. The van der Waals surface area contributed by atoms with E-state index in [4.69, 9.17) is 5.11 Å². The Balaban J connectivity index is 1.30. The number of rotatable bonds is 7. The van der Waals surface area contributed by atoms with E-state index in [-0.39, 0.29) is 11.3 Å². The molecular formula is C26H19NO3S2. The summed E-state index contributed by atoms with van der Waals surface area (Å²) in [6, 6.07) is 21.4. The van der Waals surface area contributed by atoms with Crippen molar-refractivity contribution >= 4 is 54.7 Å². The summed E-state index contributed by atoms with van der Waals surface area (Å²) < 4.78 is 2.35. The molecule has 0 aliphatic carbocycles. The average molecular weight is 458 g/mol. The lowest BCUT2D eigenvalue weighted by molar-refractivity contribution is -0.118. The van der Waals surface area contributed by atoms with Crippen molar-refractivity contribution in [3.05, 3.63) is 88.2 Å². The predicted molar refractivity (Wildman–Crippen MR) is 131 cm³/mol. The van der Waals surface area contributed by atoms with Crippen molar-refractivity contribution < 1.29 is 14.7 Å². The lowest BCUT2D eigenvalue weighted by atomic mass is 10.0. The average Bonchev–Trinajstić information content (AvgIpc) is 3.41. The number of thiazole rings is 1. The number of fused-ring (bicyclic) bond motifs is 2. The number of carbonyl (C=O) groups excluding carboxylic acids is 1. The third-order valence-electron chi connectivity index (χ3n) is 5.44. The summed E-state index contributed by atoms with van der Waals surface area (Å²) in [7, 11) is 0. The Bertz CT molecular complexity index is 1460. The fourth-order valence-corrected chi connectivity index (χ4v) is 5.82. The molecule has 5 aromatic rings. The van der Waals surface area contributed by atoms with Gasteiger partial charge >= 0.3 is 5.97 Å². The van der Waals surface area contributed by atoms with Gasteiger partial charge in [-0.3, -0.25) is 4.79 Å². The maximum Gasteiger partial charge on any atom is 0.335 e. The molecule has 1 N–H and O–H groups in total. The van der Waals surface area contributed by atoms with E-state index < -0.39 is 5.97 Å². The van der Waals surface area contributed by atoms with Gasteiger partial charge in [-0.25, -0.2) is 9.78 Å². The molecule has 0 aliphatic rings. The van der Waals surface area contributed by atoms with E-state index >= 15 is 0 Å². The number of benzene rings is 3. The van der Waals surface area contributed by atoms with Crippen LogP contribution in [0.15, 0.2) is 72.1 Å². The molecule has 3 aromatic carbocycles. The number of carboxylic acids is 1. The maximum absolute atomic E-state index is 12.5. The van der Waals surface area contributed by atoms with E-state index in [1.54, 1.807) is 40.9 Å². The molecule has 0 spiro atoms. The Morgan fingerprint density at radius 3 is 2.69 bits per heavy atom. The number of aromatic nitrogens is 1. The number of carbonyl (C=O) groups is 2. The van der Waals surface area contributed by atoms with Gasteiger partial charge in [-0.15, -0.1) is 22.7 Å². The number of aromatic carboxylic acids is 1. The first-order valence-corrected chi connectivity index (χ1v) is 12.0. The zero-order valence-electron chi connectivity index (χ0n) is 17.1. The first-order valence-electron chi connectivity index (χ1n) is 10.3. The summed E-state index contributed by atoms with van der Waals surface area (Å²) >= 11 is 3.31. The molecule has 2 heterocycles. The van der Waals surface area contributed by atoms with Gasteiger partial charge in [-0.05, 0) is 53.3 Å². The molecule has 2 aromatic heterocycles. The van der Waals surface area contributed by atoms with Crippen LogP contribution in [-0.2, 0) is 17.6 Å². The highest BCUT2D eigenvalue weighted by Crippen LogP contribution is 2.36. The monoisotopic (exact) mass is 457 g/mol. The second-order valence-corrected chi connectivity index (χ2v) is 9.68. The molecule has 5 rings (SSSR count). The van der Waals surface area contributed by atoms with Gasteiger partial charge in [0.15, 0.2) is 0 Å². The van der Waals surface area contributed by atoms with Crippen molar-refractivity contribution in [1.82, 2.24) is 4.98 Å². The summed E-state index contributed by atoms with van der Waals surface area (Å²) in [6.07, 6.45) is 1.19. The molecule has 0 aliphatic heterocycles. The molecule has 0 unspecified atom stereocenters. The van der Waals surface area contributed by atoms with Gasteiger partial charge in [0.25, 0.3) is 0 Å². The number of hydrogen-bond acceptors (Lipinski definition) is 5. The molecule has 32 heavy (non-hydrogen) atoms. The highest BCUT2D eigenvalue weighted by molar-refractivity contribution is 7.18. The number of thiophene rings is 1. The Labute approximate surface area is 192 Å². The van der Waals surface area contributed by atoms with Gasteiger partial charge in [0.05, 0.1) is 22.2 Å². The van der Waals surface area contributed by atoms with Crippen LogP contribution in [0.3, 0.4) is 0 Å². The van der Waals surface area contributed by atoms with Crippen LogP contribution in [0.4, 0.5) is 0 Å². The first kappa shape index (κ1) is 20.5. The first-order chi connectivity index (χ1) is 15.6. The third-order valence-corrected chi connectivity index (χ3v) is 7.42. The fraction of sp³-hybridized carbons (Fsp3) is 0.115. The molecule has 0 atom stereocenters. The zero-order chi connectivity index (χ0) is 22.1. The van der Waals surface area contributed by atoms with Crippen molar-refractivity contribution in [3.8, 4) is 11.1 Å². The van der Waals surface area contributed by atoms with Crippen LogP contribution in [0, 0.1) is 0 Å². The normalized spacial score (nSPS) is 11.2. The lowest BCUT2D eigenvalue weighted by Crippen LogP contribution is -2.05. The molecule has 0 radical (unpaired) electrons. The molecular weight excluding hydrogens is 438 g/mol. The molecule has 0 fully saturated rings. The SMILES string of the molecule is O=C(CCc1cccc(C(=O)O)c1)Cc1nc2ccc(-c3csc4ccccc34)cc2s1. The Hall–Kier alpha value is -3.35. The fourth-order valence-electron chi connectivity index (χ4n) is 3.82. The summed E-state index contributed by atoms with van der Waals surface area (Å²) in [6.45, 7) is 0. The lowest BCUT2D eigenvalue weighted by Gasteiger charge is -2.02. The summed E-state index contributed by atoms with van der Waals surface area (Å²) in [5.74, 6) is -0.851. The quantitative estimate of drug-likeness (QED) is 0.298. The van der Waals surface area contributed by atoms with Crippen LogP contribution >= 0.6 is 22.7 Å². The van der Waals surface area contributed by atoms with E-state index in [9.17, 15) is 9.59 Å². The van der Waals surface area contributed by atoms with E-state index in [1.165, 1.54) is 15.6 Å². The standard InChI is InChI=1S/C26H19NO3S2/c28-19(10-8-16-4-3-5-18(12-16)26(29)30)14-25-27-22-11-9-17(13-24(22)32-25)21-15-31-23-7-2-1-6-20(21)23/h1-7,9,11-13,15H,8,10,14H2,(H,29,30). The highest BCUT2D eigenvalue weighted by atomic mass is 32.1. The zero-order valence-corrected chi connectivity index (χ0v) is 18.7. The van der Waals surface area contributed by atoms with Crippen molar-refractivity contribution in [2.75, 3.05) is 0 Å². The third kappa shape index (κ3) is 4.20. The number of Topliss-reactive ketones (excluding diaryl/α,β-unsaturated/α-hetero) is 1. The minimum Gasteiger partial charge on any atom is -0.478 e. The van der Waals surface area contributed by atoms with Gasteiger partial charge in [0.2, 0.25) is 0 Å². The number of carboxylic acid groups (broad SMARTS) is 1. The molecule has 0 bridgehead atoms. The number of aryl methyl sites for hydroxylation is 1. The van der Waals surface area contributed by atoms with Crippen LogP contribution < -0.4 is 0 Å². The number of hydrogen-bond donors (Lipinski definition) is 1. The van der Waals surface area contributed by atoms with Crippen molar-refractivity contribution in [3.63, 3.8) is 0 Å². The highest BCUT2D eigenvalue weighted by Gasteiger charge is 2.12. The van der Waals surface area contributed by atoms with Crippen LogP contribution in [0.1, 0.15) is 27.3 Å². The molecule has 158 valence electrons. The Kier molecular flexibility index (Phi) is 5.55. The largest absolute Gasteiger partial charge is 0.478 e. The van der Waals surface area contributed by atoms with E-state index in [1.807, 2.05) is 12.1 Å². The Morgan fingerprint density at radius 1 is 0.938 bits per heavy atom. The molecule has 0 amide bonds. The summed E-state index contributed by atoms with van der Waals surface area (Å²) in [4.78, 5) is 28.3. The minimum atomic E-state index is -0.956. The van der Waals surface area contributed by atoms with Gasteiger partial charge in [-0.2, -0.15) is 0 Å². The van der Waals surface area contributed by atoms with Gasteiger partial charge in [0, 0.05) is 22.1 Å². The van der Waals surface area contributed by atoms with Crippen LogP contribution in [-0.4, -0.2) is 21.8 Å². The maximum atomic E-state index is 12.5. The van der Waals surface area contributed by atoms with Crippen molar-refractivity contribution in [2.45, 2.75) is 19.3 Å². The predicted octanol–water partition coefficient (Wildman–Crippen LogP) is 6.62. The van der Waals surface area contributed by atoms with Gasteiger partial charge < -0.3 is 5.11 Å². The molecule has 0 saturated carbocycles. The number of nitrogens with zero attached hydrogens (tertiary/aromatic N) is 1. The smallest absolute Gasteiger partial charge is 0.335 e. The number of ketones is 1. The summed E-state index contributed by atoms with van der Waals surface area (Å²) in [5.41, 5.74) is 4.40.